The van der Waals surface area contributed by atoms with E-state index in [1.807, 2.05) is 86.3 Å². The van der Waals surface area contributed by atoms with Crippen molar-refractivity contribution in [1.29, 1.82) is 0 Å². The molecule has 3 aliphatic rings. The second kappa shape index (κ2) is 15.0. The molecule has 2 heterocycles. The van der Waals surface area contributed by atoms with Gasteiger partial charge in [-0.3, -0.25) is 4.79 Å². The van der Waals surface area contributed by atoms with Crippen molar-refractivity contribution in [3.8, 4) is 0 Å². The fourth-order valence-electron chi connectivity index (χ4n) is 5.76. The van der Waals surface area contributed by atoms with Crippen molar-refractivity contribution in [2.45, 2.75) is 64.4 Å². The third-order valence-electron chi connectivity index (χ3n) is 7.87. The van der Waals surface area contributed by atoms with Gasteiger partial charge in [0.1, 0.15) is 12.4 Å². The van der Waals surface area contributed by atoms with Crippen LogP contribution in [0.5, 0.6) is 0 Å². The molecule has 0 aromatic heterocycles. The number of aliphatic hydroxyl groups excluding tert-OH is 1. The summed E-state index contributed by atoms with van der Waals surface area (Å²) in [5, 5.41) is 27.4. The number of hydrogen-bond acceptors (Lipinski definition) is 8. The minimum atomic E-state index is -1.04. The predicted octanol–water partition coefficient (Wildman–Crippen LogP) is 6.90. The molecule has 1 saturated heterocycles. The van der Waals surface area contributed by atoms with Crippen LogP contribution in [0.3, 0.4) is 0 Å². The lowest BCUT2D eigenvalue weighted by Gasteiger charge is -2.32. The van der Waals surface area contributed by atoms with Gasteiger partial charge in [-0.15, -0.1) is 0 Å². The quantitative estimate of drug-likeness (QED) is 0.240. The van der Waals surface area contributed by atoms with Crippen LogP contribution < -0.4 is 0 Å². The zero-order valence-electron chi connectivity index (χ0n) is 24.3. The monoisotopic (exact) mass is 592 g/mol. The van der Waals surface area contributed by atoms with Gasteiger partial charge in [0.25, 0.3) is 0 Å². The van der Waals surface area contributed by atoms with Crippen molar-refractivity contribution >= 4 is 34.9 Å². The van der Waals surface area contributed by atoms with Crippen LogP contribution in [0, 0.1) is 11.8 Å². The molecule has 8 nitrogen and oxygen atoms in total. The lowest BCUT2D eigenvalue weighted by molar-refractivity contribution is -0.129. The number of carboxylic acids is 1. The van der Waals surface area contributed by atoms with E-state index in [2.05, 4.69) is 10.3 Å². The first-order valence-electron chi connectivity index (χ1n) is 14.7. The van der Waals surface area contributed by atoms with Gasteiger partial charge in [0.2, 0.25) is 0 Å². The molecule has 9 heteroatoms. The van der Waals surface area contributed by atoms with E-state index < -0.39 is 11.6 Å². The van der Waals surface area contributed by atoms with E-state index in [9.17, 15) is 14.7 Å². The highest BCUT2D eigenvalue weighted by Gasteiger charge is 2.44. The Kier molecular flexibility index (Phi) is 11.2. The molecule has 0 spiro atoms. The molecule has 1 fully saturated rings. The molecule has 2 unspecified atom stereocenters. The van der Waals surface area contributed by atoms with E-state index >= 15 is 0 Å². The molecule has 2 aliphatic heterocycles. The molecular weight excluding hydrogens is 552 g/mol. The number of Topliss-reactive ketones (excluding diaryl/α,β-unsaturated/α-hetero) is 1. The molecule has 0 radical (unpaired) electrons. The Balaban J connectivity index is 0.000000193. The third-order valence-corrected chi connectivity index (χ3v) is 9.11. The minimum absolute atomic E-state index is 0.0382. The van der Waals surface area contributed by atoms with Crippen molar-refractivity contribution in [3.05, 3.63) is 83.1 Å². The van der Waals surface area contributed by atoms with Gasteiger partial charge >= 0.3 is 5.97 Å². The molecule has 0 bridgehead atoms. The second-order valence-electron chi connectivity index (χ2n) is 10.8. The van der Waals surface area contributed by atoms with E-state index in [4.69, 9.17) is 14.8 Å². The predicted molar refractivity (Wildman–Crippen MR) is 166 cm³/mol. The van der Waals surface area contributed by atoms with E-state index in [0.29, 0.717) is 49.0 Å². The Morgan fingerprint density at radius 1 is 1.07 bits per heavy atom. The number of ketones is 1. The van der Waals surface area contributed by atoms with E-state index in [-0.39, 0.29) is 23.7 Å². The zero-order chi connectivity index (χ0) is 30.0. The molecule has 5 rings (SSSR count). The zero-order valence-corrected chi connectivity index (χ0v) is 25.1. The highest BCUT2D eigenvalue weighted by molar-refractivity contribution is 7.99. The normalized spacial score (nSPS) is 22.0. The van der Waals surface area contributed by atoms with Crippen molar-refractivity contribution in [3.63, 3.8) is 0 Å². The number of carbonyl (C=O) groups excluding carboxylic acids is 1. The maximum Gasteiger partial charge on any atom is 0.353 e. The summed E-state index contributed by atoms with van der Waals surface area (Å²) in [6, 6.07) is 19.1. The van der Waals surface area contributed by atoms with Crippen LogP contribution in [-0.4, -0.2) is 51.5 Å². The van der Waals surface area contributed by atoms with Gasteiger partial charge in [-0.2, -0.15) is 11.8 Å². The summed E-state index contributed by atoms with van der Waals surface area (Å²) in [5.41, 5.74) is 2.02. The molecule has 0 saturated carbocycles. The summed E-state index contributed by atoms with van der Waals surface area (Å²) in [7, 11) is 0. The Bertz CT molecular complexity index is 1260. The number of aliphatic hydroxyl groups is 1. The number of oxime groups is 2. The molecule has 2 aromatic rings. The molecule has 2 N–H and O–H groups in total. The van der Waals surface area contributed by atoms with Gasteiger partial charge < -0.3 is 19.9 Å². The average molecular weight is 593 g/mol. The van der Waals surface area contributed by atoms with Crippen LogP contribution in [0.25, 0.3) is 0 Å². The highest BCUT2D eigenvalue weighted by Crippen LogP contribution is 2.41. The molecule has 224 valence electrons. The third kappa shape index (κ3) is 7.43. The molecule has 2 aromatic carbocycles. The van der Waals surface area contributed by atoms with Gasteiger partial charge in [-0.25, -0.2) is 4.79 Å². The standard InChI is InChI=1S/C17H27NO3S.C16H13NO3/c1-3-6-14(18-21-4-2)17-15(19)9-13(10-16(17)20)12-7-5-8-22-11-12;18-15(19)14-11-16(20-17-14,12-7-3-1-4-8-12)13-9-5-2-6-10-13/h12-13,19H,3-11H2,1-2H3;1-10H,11H2,(H,18,19)/b18-14+;. The summed E-state index contributed by atoms with van der Waals surface area (Å²) >= 11 is 1.97. The summed E-state index contributed by atoms with van der Waals surface area (Å²) in [4.78, 5) is 34.4. The van der Waals surface area contributed by atoms with Crippen LogP contribution in [0.2, 0.25) is 0 Å². The van der Waals surface area contributed by atoms with Gasteiger partial charge in [0.05, 0.1) is 17.7 Å². The fraction of sp³-hybridized carbons (Fsp3) is 0.455. The van der Waals surface area contributed by atoms with E-state index in [1.165, 1.54) is 18.6 Å². The van der Waals surface area contributed by atoms with Crippen LogP contribution in [0.1, 0.15) is 69.9 Å². The molecule has 2 atom stereocenters. The number of benzene rings is 2. The summed E-state index contributed by atoms with van der Waals surface area (Å²) in [6.45, 7) is 4.37. The SMILES string of the molecule is CCC/C(=N\OCC)C1=C(O)CC(C2CCCSC2)CC1=O.O=C(O)C1=NOC(c2ccccc2)(c2ccccc2)C1. The smallest absolute Gasteiger partial charge is 0.353 e. The average Bonchev–Trinajstić information content (AvgIpc) is 3.49. The lowest BCUT2D eigenvalue weighted by atomic mass is 9.76. The minimum Gasteiger partial charge on any atom is -0.511 e. The highest BCUT2D eigenvalue weighted by atomic mass is 32.2. The number of thioether (sulfide) groups is 1. The molecule has 0 amide bonds. The van der Waals surface area contributed by atoms with Crippen molar-refractivity contribution in [2.24, 2.45) is 22.1 Å². The Morgan fingerprint density at radius 2 is 1.74 bits per heavy atom. The van der Waals surface area contributed by atoms with Crippen LogP contribution >= 0.6 is 11.8 Å². The lowest BCUT2D eigenvalue weighted by Crippen LogP contribution is -2.30. The van der Waals surface area contributed by atoms with Gasteiger partial charge in [0.15, 0.2) is 17.1 Å². The maximum atomic E-state index is 12.6. The van der Waals surface area contributed by atoms with Gasteiger partial charge in [-0.1, -0.05) is 84.3 Å². The van der Waals surface area contributed by atoms with Crippen LogP contribution in [0.4, 0.5) is 0 Å². The summed E-state index contributed by atoms with van der Waals surface area (Å²) < 4.78 is 0. The summed E-state index contributed by atoms with van der Waals surface area (Å²) in [6.07, 6.45) is 5.32. The first-order valence-corrected chi connectivity index (χ1v) is 15.9. The van der Waals surface area contributed by atoms with Crippen LogP contribution in [0.15, 0.2) is 82.3 Å². The number of rotatable bonds is 9. The largest absolute Gasteiger partial charge is 0.511 e. The topological polar surface area (TPSA) is 118 Å². The first-order chi connectivity index (χ1) is 20.4. The number of allylic oxidation sites excluding steroid dienone is 2. The number of nitrogens with zero attached hydrogens (tertiary/aromatic N) is 2. The molecular formula is C33H40N2O6S. The van der Waals surface area contributed by atoms with Crippen molar-refractivity contribution in [1.82, 2.24) is 0 Å². The number of aliphatic carboxylic acids is 1. The Morgan fingerprint density at radius 3 is 2.24 bits per heavy atom. The van der Waals surface area contributed by atoms with E-state index in [1.54, 1.807) is 0 Å². The number of carbonyl (C=O) groups is 2. The van der Waals surface area contributed by atoms with Crippen LogP contribution in [-0.2, 0) is 24.9 Å². The number of hydrogen-bond donors (Lipinski definition) is 2. The maximum absolute atomic E-state index is 12.6. The van der Waals surface area contributed by atoms with Gasteiger partial charge in [0, 0.05) is 24.0 Å². The fourth-order valence-corrected chi connectivity index (χ4v) is 7.04. The van der Waals surface area contributed by atoms with Crippen molar-refractivity contribution in [2.75, 3.05) is 18.1 Å². The first kappa shape index (κ1) is 31.3. The summed E-state index contributed by atoms with van der Waals surface area (Å²) in [5.74, 6) is 2.42. The number of carboxylic acid groups (broad SMARTS) is 1. The van der Waals surface area contributed by atoms with Gasteiger partial charge in [-0.05, 0) is 49.5 Å². The Hall–Kier alpha value is -3.59. The molecule has 42 heavy (non-hydrogen) atoms. The Labute approximate surface area is 251 Å². The second-order valence-corrected chi connectivity index (χ2v) is 11.9. The van der Waals surface area contributed by atoms with E-state index in [0.717, 1.165) is 23.3 Å². The molecule has 1 aliphatic carbocycles. The van der Waals surface area contributed by atoms with Crippen molar-refractivity contribution < 1.29 is 29.5 Å².